The van der Waals surface area contributed by atoms with Crippen LogP contribution in [0.5, 0.6) is 11.5 Å². The molecule has 2 fully saturated rings. The van der Waals surface area contributed by atoms with Crippen LogP contribution in [0.25, 0.3) is 6.08 Å². The van der Waals surface area contributed by atoms with Gasteiger partial charge in [-0.1, -0.05) is 6.07 Å². The van der Waals surface area contributed by atoms with Crippen molar-refractivity contribution >= 4 is 12.0 Å². The molecule has 1 aromatic rings. The maximum absolute atomic E-state index is 12.4. The molecule has 4 rings (SSSR count). The van der Waals surface area contributed by atoms with Gasteiger partial charge < -0.3 is 23.8 Å². The number of carbonyl (C=O) groups is 1. The minimum Gasteiger partial charge on any atom is -0.486 e. The number of rotatable bonds is 3. The Morgan fingerprint density at radius 2 is 1.72 bits per heavy atom. The quantitative estimate of drug-likeness (QED) is 0.785. The van der Waals surface area contributed by atoms with Crippen LogP contribution < -0.4 is 9.47 Å². The number of nitrogens with zero attached hydrogens (tertiary/aromatic N) is 1. The second-order valence-electron chi connectivity index (χ2n) is 6.51. The summed E-state index contributed by atoms with van der Waals surface area (Å²) in [6.45, 7) is 4.00. The van der Waals surface area contributed by atoms with Crippen LogP contribution in [-0.4, -0.2) is 56.6 Å². The fourth-order valence-corrected chi connectivity index (χ4v) is 3.48. The molecule has 3 aliphatic rings. The van der Waals surface area contributed by atoms with Gasteiger partial charge in [-0.15, -0.1) is 0 Å². The van der Waals surface area contributed by atoms with E-state index >= 15 is 0 Å². The summed E-state index contributed by atoms with van der Waals surface area (Å²) in [4.78, 5) is 14.3. The number of hydrogen-bond acceptors (Lipinski definition) is 5. The summed E-state index contributed by atoms with van der Waals surface area (Å²) in [6.07, 6.45) is 5.23. The summed E-state index contributed by atoms with van der Waals surface area (Å²) >= 11 is 0. The van der Waals surface area contributed by atoms with Crippen molar-refractivity contribution < 1.29 is 23.7 Å². The van der Waals surface area contributed by atoms with E-state index in [4.69, 9.17) is 18.9 Å². The summed E-state index contributed by atoms with van der Waals surface area (Å²) in [7, 11) is 0. The molecule has 2 saturated heterocycles. The van der Waals surface area contributed by atoms with Crippen LogP contribution in [0, 0.1) is 5.92 Å². The topological polar surface area (TPSA) is 57.2 Å². The summed E-state index contributed by atoms with van der Waals surface area (Å²) in [5.41, 5.74) is 0.931. The lowest BCUT2D eigenvalue weighted by molar-refractivity contribution is -0.131. The van der Waals surface area contributed by atoms with Crippen LogP contribution in [0.1, 0.15) is 18.4 Å². The number of carbonyl (C=O) groups excluding carboxylic acids is 1. The predicted molar refractivity (Wildman–Crippen MR) is 91.5 cm³/mol. The summed E-state index contributed by atoms with van der Waals surface area (Å²) in [5, 5.41) is 0. The Balaban J connectivity index is 1.32. The molecule has 1 amide bonds. The van der Waals surface area contributed by atoms with Crippen molar-refractivity contribution in [1.82, 2.24) is 4.90 Å². The molecule has 6 nitrogen and oxygen atoms in total. The van der Waals surface area contributed by atoms with Gasteiger partial charge in [-0.3, -0.25) is 4.79 Å². The minimum atomic E-state index is -0.0782. The van der Waals surface area contributed by atoms with Crippen molar-refractivity contribution in [2.45, 2.75) is 19.1 Å². The number of fused-ring (bicyclic) bond motifs is 1. The predicted octanol–water partition coefficient (Wildman–Crippen LogP) is 2.08. The standard InChI is InChI=1S/C19H23NO5/c21-18(20-7-5-15(6-8-20)19-24-11-12-25-19)4-2-14-1-3-16-17(13-14)23-10-9-22-16/h1-4,13,15,19H,5-12H2/b4-2+. The van der Waals surface area contributed by atoms with E-state index in [9.17, 15) is 4.79 Å². The molecule has 134 valence electrons. The molecule has 0 aromatic heterocycles. The molecule has 0 aliphatic carbocycles. The Morgan fingerprint density at radius 1 is 1.00 bits per heavy atom. The highest BCUT2D eigenvalue weighted by atomic mass is 16.7. The highest BCUT2D eigenvalue weighted by Gasteiger charge is 2.31. The monoisotopic (exact) mass is 345 g/mol. The maximum atomic E-state index is 12.4. The lowest BCUT2D eigenvalue weighted by Gasteiger charge is -2.33. The fourth-order valence-electron chi connectivity index (χ4n) is 3.48. The number of amides is 1. The molecule has 3 heterocycles. The van der Waals surface area contributed by atoms with Crippen molar-refractivity contribution in [2.24, 2.45) is 5.92 Å². The molecule has 6 heteroatoms. The molecule has 0 saturated carbocycles. The first kappa shape index (κ1) is 16.4. The van der Waals surface area contributed by atoms with Gasteiger partial charge in [-0.2, -0.15) is 0 Å². The summed E-state index contributed by atoms with van der Waals surface area (Å²) < 4.78 is 22.2. The fraction of sp³-hybridized carbons (Fsp3) is 0.526. The highest BCUT2D eigenvalue weighted by molar-refractivity contribution is 5.91. The van der Waals surface area contributed by atoms with E-state index in [1.165, 1.54) is 0 Å². The summed E-state index contributed by atoms with van der Waals surface area (Å²) in [6, 6.07) is 5.71. The lowest BCUT2D eigenvalue weighted by Crippen LogP contribution is -2.40. The SMILES string of the molecule is O=C(/C=C/c1ccc2c(c1)OCCO2)N1CCC(C2OCCO2)CC1. The van der Waals surface area contributed by atoms with Gasteiger partial charge in [0, 0.05) is 25.1 Å². The zero-order valence-electron chi connectivity index (χ0n) is 14.2. The Hall–Kier alpha value is -2.05. The first-order valence-corrected chi connectivity index (χ1v) is 8.89. The van der Waals surface area contributed by atoms with Crippen molar-refractivity contribution in [2.75, 3.05) is 39.5 Å². The van der Waals surface area contributed by atoms with Gasteiger partial charge in [0.2, 0.25) is 5.91 Å². The average Bonchev–Trinajstić information content (AvgIpc) is 3.21. The van der Waals surface area contributed by atoms with Crippen LogP contribution in [0.2, 0.25) is 0 Å². The van der Waals surface area contributed by atoms with Gasteiger partial charge in [0.05, 0.1) is 13.2 Å². The zero-order valence-corrected chi connectivity index (χ0v) is 14.2. The van der Waals surface area contributed by atoms with E-state index in [1.54, 1.807) is 6.08 Å². The average molecular weight is 345 g/mol. The first-order chi connectivity index (χ1) is 12.3. The van der Waals surface area contributed by atoms with E-state index in [1.807, 2.05) is 29.2 Å². The molecule has 0 radical (unpaired) electrons. The lowest BCUT2D eigenvalue weighted by atomic mass is 9.96. The molecule has 1 aromatic carbocycles. The number of piperidine rings is 1. The molecular formula is C19H23NO5. The Morgan fingerprint density at radius 3 is 2.48 bits per heavy atom. The second kappa shape index (κ2) is 7.45. The van der Waals surface area contributed by atoms with E-state index < -0.39 is 0 Å². The third kappa shape index (κ3) is 3.80. The van der Waals surface area contributed by atoms with Gasteiger partial charge in [-0.25, -0.2) is 0 Å². The van der Waals surface area contributed by atoms with Crippen LogP contribution in [0.4, 0.5) is 0 Å². The summed E-state index contributed by atoms with van der Waals surface area (Å²) in [5.74, 6) is 1.93. The Labute approximate surface area is 147 Å². The second-order valence-corrected chi connectivity index (χ2v) is 6.51. The molecule has 0 bridgehead atoms. The van der Waals surface area contributed by atoms with Crippen molar-refractivity contribution in [3.8, 4) is 11.5 Å². The number of benzene rings is 1. The Bertz CT molecular complexity index is 645. The van der Waals surface area contributed by atoms with E-state index in [-0.39, 0.29) is 12.2 Å². The van der Waals surface area contributed by atoms with Gasteiger partial charge in [0.1, 0.15) is 13.2 Å². The van der Waals surface area contributed by atoms with Crippen LogP contribution in [0.3, 0.4) is 0 Å². The van der Waals surface area contributed by atoms with Crippen molar-refractivity contribution in [3.63, 3.8) is 0 Å². The van der Waals surface area contributed by atoms with E-state index in [0.29, 0.717) is 32.3 Å². The van der Waals surface area contributed by atoms with E-state index in [2.05, 4.69) is 0 Å². The van der Waals surface area contributed by atoms with Gasteiger partial charge in [-0.05, 0) is 36.6 Å². The minimum absolute atomic E-state index is 0.0431. The van der Waals surface area contributed by atoms with E-state index in [0.717, 1.165) is 43.0 Å². The van der Waals surface area contributed by atoms with Crippen LogP contribution in [0.15, 0.2) is 24.3 Å². The molecule has 0 spiro atoms. The molecule has 0 unspecified atom stereocenters. The third-order valence-corrected chi connectivity index (χ3v) is 4.87. The van der Waals surface area contributed by atoms with Crippen LogP contribution in [-0.2, 0) is 14.3 Å². The van der Waals surface area contributed by atoms with Crippen LogP contribution >= 0.6 is 0 Å². The van der Waals surface area contributed by atoms with Gasteiger partial charge in [0.15, 0.2) is 17.8 Å². The molecule has 3 aliphatic heterocycles. The Kier molecular flexibility index (Phi) is 4.90. The maximum Gasteiger partial charge on any atom is 0.246 e. The number of ether oxygens (including phenoxy) is 4. The van der Waals surface area contributed by atoms with Gasteiger partial charge >= 0.3 is 0 Å². The smallest absolute Gasteiger partial charge is 0.246 e. The molecular weight excluding hydrogens is 322 g/mol. The largest absolute Gasteiger partial charge is 0.486 e. The third-order valence-electron chi connectivity index (χ3n) is 4.87. The number of likely N-dealkylation sites (tertiary alicyclic amines) is 1. The molecule has 25 heavy (non-hydrogen) atoms. The molecule has 0 N–H and O–H groups in total. The molecule has 0 atom stereocenters. The van der Waals surface area contributed by atoms with Gasteiger partial charge in [0.25, 0.3) is 0 Å². The van der Waals surface area contributed by atoms with Crippen molar-refractivity contribution in [1.29, 1.82) is 0 Å². The normalized spacial score (nSPS) is 21.8. The zero-order chi connectivity index (χ0) is 17.1. The first-order valence-electron chi connectivity index (χ1n) is 8.89. The highest BCUT2D eigenvalue weighted by Crippen LogP contribution is 2.31. The number of hydrogen-bond donors (Lipinski definition) is 0. The van der Waals surface area contributed by atoms with Crippen molar-refractivity contribution in [3.05, 3.63) is 29.8 Å².